The minimum Gasteiger partial charge on any atom is -0.463 e. The van der Waals surface area contributed by atoms with E-state index in [1.807, 2.05) is 24.3 Å². The van der Waals surface area contributed by atoms with Crippen LogP contribution >= 0.6 is 0 Å². The molecule has 1 aromatic carbocycles. The molecule has 0 bridgehead atoms. The first-order valence-electron chi connectivity index (χ1n) is 9.34. The van der Waals surface area contributed by atoms with Crippen molar-refractivity contribution < 1.29 is 4.42 Å². The Morgan fingerprint density at radius 3 is 2.86 bits per heavy atom. The smallest absolute Gasteiger partial charge is 0.228 e. The second-order valence-electron chi connectivity index (χ2n) is 7.03. The summed E-state index contributed by atoms with van der Waals surface area (Å²) >= 11 is 0. The van der Waals surface area contributed by atoms with E-state index in [4.69, 9.17) is 10.2 Å². The summed E-state index contributed by atoms with van der Waals surface area (Å²) in [6.45, 7) is 2.94. The molecule has 4 heterocycles. The Morgan fingerprint density at radius 1 is 1.14 bits per heavy atom. The van der Waals surface area contributed by atoms with Crippen molar-refractivity contribution in [2.45, 2.75) is 19.0 Å². The average molecular weight is 375 g/mol. The Kier molecular flexibility index (Phi) is 4.17. The van der Waals surface area contributed by atoms with E-state index in [9.17, 15) is 0 Å². The molecule has 0 aliphatic carbocycles. The fourth-order valence-corrected chi connectivity index (χ4v) is 3.64. The zero-order chi connectivity index (χ0) is 18.9. The Morgan fingerprint density at radius 2 is 2.04 bits per heavy atom. The fraction of sp³-hybridized carbons (Fsp3) is 0.250. The average Bonchev–Trinajstić information content (AvgIpc) is 3.43. The van der Waals surface area contributed by atoms with Crippen molar-refractivity contribution in [2.75, 3.05) is 24.1 Å². The number of likely N-dealkylation sites (tertiary alicyclic amines) is 1. The van der Waals surface area contributed by atoms with E-state index < -0.39 is 0 Å². The molecular formula is C20H21N7O. The predicted octanol–water partition coefficient (Wildman–Crippen LogP) is 2.65. The van der Waals surface area contributed by atoms with E-state index in [1.165, 1.54) is 10.1 Å². The molecular weight excluding hydrogens is 354 g/mol. The molecule has 3 aromatic heterocycles. The van der Waals surface area contributed by atoms with Gasteiger partial charge in [0, 0.05) is 31.7 Å². The number of hydrogen-bond acceptors (Lipinski definition) is 7. The van der Waals surface area contributed by atoms with Crippen LogP contribution in [0, 0.1) is 0 Å². The van der Waals surface area contributed by atoms with Crippen LogP contribution in [0.2, 0.25) is 0 Å². The van der Waals surface area contributed by atoms with Gasteiger partial charge in [0.2, 0.25) is 11.9 Å². The van der Waals surface area contributed by atoms with Crippen molar-refractivity contribution in [1.82, 2.24) is 24.5 Å². The monoisotopic (exact) mass is 375 g/mol. The number of nitrogens with two attached hydrogens (primary N) is 1. The summed E-state index contributed by atoms with van der Waals surface area (Å²) in [5.41, 5.74) is 8.74. The van der Waals surface area contributed by atoms with Crippen molar-refractivity contribution >= 4 is 17.5 Å². The second kappa shape index (κ2) is 6.97. The number of benzene rings is 1. The molecule has 0 radical (unpaired) electrons. The highest BCUT2D eigenvalue weighted by molar-refractivity contribution is 5.61. The van der Waals surface area contributed by atoms with E-state index in [0.29, 0.717) is 29.0 Å². The van der Waals surface area contributed by atoms with Gasteiger partial charge in [-0.15, -0.1) is 0 Å². The maximum Gasteiger partial charge on any atom is 0.228 e. The fourth-order valence-electron chi connectivity index (χ4n) is 3.64. The normalized spacial score (nSPS) is 17.4. The molecule has 142 valence electrons. The van der Waals surface area contributed by atoms with Crippen molar-refractivity contribution in [2.24, 2.45) is 0 Å². The molecule has 3 N–H and O–H groups in total. The largest absolute Gasteiger partial charge is 0.463 e. The first-order valence-corrected chi connectivity index (χ1v) is 9.34. The highest BCUT2D eigenvalue weighted by atomic mass is 16.3. The number of furan rings is 1. The third kappa shape index (κ3) is 3.29. The van der Waals surface area contributed by atoms with Gasteiger partial charge in [-0.1, -0.05) is 30.3 Å². The van der Waals surface area contributed by atoms with Crippen molar-refractivity contribution in [3.8, 4) is 11.5 Å². The van der Waals surface area contributed by atoms with Gasteiger partial charge in [0.15, 0.2) is 11.4 Å². The van der Waals surface area contributed by atoms with Crippen LogP contribution in [-0.4, -0.2) is 43.6 Å². The van der Waals surface area contributed by atoms with E-state index in [-0.39, 0.29) is 6.04 Å². The number of nitrogens with zero attached hydrogens (tertiary/aromatic N) is 5. The number of nitrogens with one attached hydrogen (secondary N) is 1. The van der Waals surface area contributed by atoms with Gasteiger partial charge in [-0.25, -0.2) is 0 Å². The zero-order valence-corrected chi connectivity index (χ0v) is 15.3. The van der Waals surface area contributed by atoms with Gasteiger partial charge >= 0.3 is 0 Å². The highest BCUT2D eigenvalue weighted by Gasteiger charge is 2.23. The Balaban J connectivity index is 1.30. The first-order chi connectivity index (χ1) is 13.7. The molecule has 1 aliphatic heterocycles. The number of fused-ring (bicyclic) bond motifs is 1. The Labute approximate surface area is 162 Å². The molecule has 0 amide bonds. The van der Waals surface area contributed by atoms with Gasteiger partial charge in [0.1, 0.15) is 5.69 Å². The van der Waals surface area contributed by atoms with Crippen LogP contribution in [0.5, 0.6) is 0 Å². The standard InChI is InChI=1S/C20H21N7O/c21-19-24-20(23-18-11-16(25-27(18)19)17-7-4-10-28-17)22-15-8-9-26(13-15)12-14-5-2-1-3-6-14/h1-7,10-11,15H,8-9,12-13H2,(H3,21,22,23,24). The first kappa shape index (κ1) is 16.8. The van der Waals surface area contributed by atoms with Gasteiger partial charge in [0.25, 0.3) is 0 Å². The summed E-state index contributed by atoms with van der Waals surface area (Å²) in [5.74, 6) is 1.50. The summed E-state index contributed by atoms with van der Waals surface area (Å²) in [4.78, 5) is 11.4. The molecule has 28 heavy (non-hydrogen) atoms. The summed E-state index contributed by atoms with van der Waals surface area (Å²) in [6, 6.07) is 16.3. The number of aromatic nitrogens is 4. The van der Waals surface area contributed by atoms with Crippen molar-refractivity contribution in [3.63, 3.8) is 0 Å². The lowest BCUT2D eigenvalue weighted by atomic mass is 10.2. The van der Waals surface area contributed by atoms with E-state index in [0.717, 1.165) is 26.1 Å². The minimum atomic E-state index is 0.290. The van der Waals surface area contributed by atoms with Crippen LogP contribution < -0.4 is 11.1 Å². The number of nitrogen functional groups attached to an aromatic ring is 1. The van der Waals surface area contributed by atoms with Crippen LogP contribution in [0.15, 0.2) is 59.2 Å². The minimum absolute atomic E-state index is 0.290. The molecule has 4 aromatic rings. The molecule has 1 atom stereocenters. The summed E-state index contributed by atoms with van der Waals surface area (Å²) in [7, 11) is 0. The van der Waals surface area contributed by atoms with E-state index >= 15 is 0 Å². The quantitative estimate of drug-likeness (QED) is 0.553. The topological polar surface area (TPSA) is 97.5 Å². The molecule has 5 rings (SSSR count). The van der Waals surface area contributed by atoms with Crippen molar-refractivity contribution in [3.05, 3.63) is 60.4 Å². The van der Waals surface area contributed by atoms with Gasteiger partial charge in [-0.05, 0) is 24.1 Å². The molecule has 1 saturated heterocycles. The van der Waals surface area contributed by atoms with Crippen LogP contribution in [0.1, 0.15) is 12.0 Å². The lowest BCUT2D eigenvalue weighted by Crippen LogP contribution is -2.27. The van der Waals surface area contributed by atoms with Crippen LogP contribution in [0.4, 0.5) is 11.9 Å². The summed E-state index contributed by atoms with van der Waals surface area (Å²) in [6.07, 6.45) is 2.65. The summed E-state index contributed by atoms with van der Waals surface area (Å²) < 4.78 is 6.93. The molecule has 1 unspecified atom stereocenters. The van der Waals surface area contributed by atoms with Gasteiger partial charge in [-0.3, -0.25) is 4.90 Å². The predicted molar refractivity (Wildman–Crippen MR) is 107 cm³/mol. The molecule has 0 saturated carbocycles. The maximum absolute atomic E-state index is 6.10. The van der Waals surface area contributed by atoms with Crippen LogP contribution in [0.25, 0.3) is 17.1 Å². The molecule has 8 nitrogen and oxygen atoms in total. The lowest BCUT2D eigenvalue weighted by Gasteiger charge is -2.17. The lowest BCUT2D eigenvalue weighted by molar-refractivity contribution is 0.328. The third-order valence-corrected chi connectivity index (χ3v) is 4.98. The SMILES string of the molecule is Nc1nc(NC2CCN(Cc3ccccc3)C2)nc2cc(-c3ccco3)nn12. The molecule has 1 aliphatic rings. The van der Waals surface area contributed by atoms with Gasteiger partial charge in [0.05, 0.1) is 6.26 Å². The maximum atomic E-state index is 6.10. The van der Waals surface area contributed by atoms with Crippen LogP contribution in [-0.2, 0) is 6.54 Å². The van der Waals surface area contributed by atoms with Crippen molar-refractivity contribution in [1.29, 1.82) is 0 Å². The zero-order valence-electron chi connectivity index (χ0n) is 15.3. The molecule has 8 heteroatoms. The molecule has 1 fully saturated rings. The Hall–Kier alpha value is -3.39. The highest BCUT2D eigenvalue weighted by Crippen LogP contribution is 2.22. The van der Waals surface area contributed by atoms with Gasteiger partial charge < -0.3 is 15.5 Å². The number of hydrogen-bond donors (Lipinski definition) is 2. The number of rotatable bonds is 5. The molecule has 0 spiro atoms. The van der Waals surface area contributed by atoms with Gasteiger partial charge in [-0.2, -0.15) is 19.6 Å². The van der Waals surface area contributed by atoms with E-state index in [1.54, 1.807) is 6.26 Å². The van der Waals surface area contributed by atoms with Crippen LogP contribution in [0.3, 0.4) is 0 Å². The summed E-state index contributed by atoms with van der Waals surface area (Å²) in [5, 5.41) is 7.85. The second-order valence-corrected chi connectivity index (χ2v) is 7.03. The van der Waals surface area contributed by atoms with E-state index in [2.05, 4.69) is 49.5 Å². The number of anilines is 2. The third-order valence-electron chi connectivity index (χ3n) is 4.98. The Bertz CT molecular complexity index is 1070.